The van der Waals surface area contributed by atoms with Gasteiger partial charge in [-0.3, -0.25) is 0 Å². The van der Waals surface area contributed by atoms with Crippen molar-refractivity contribution in [3.8, 4) is 11.5 Å². The molecule has 0 spiro atoms. The zero-order valence-corrected chi connectivity index (χ0v) is 19.8. The number of rotatable bonds is 9. The second-order valence-electron chi connectivity index (χ2n) is 7.84. The van der Waals surface area contributed by atoms with Crippen molar-refractivity contribution in [2.24, 2.45) is 0 Å². The average Bonchev–Trinajstić information content (AvgIpc) is 2.81. The van der Waals surface area contributed by atoms with Gasteiger partial charge in [-0.05, 0) is 55.7 Å². The van der Waals surface area contributed by atoms with Crippen molar-refractivity contribution in [3.63, 3.8) is 0 Å². The number of benzene rings is 2. The number of hydrogen-bond acceptors (Lipinski definition) is 3. The van der Waals surface area contributed by atoms with Crippen molar-refractivity contribution in [3.05, 3.63) is 76.1 Å². The number of alkyl halides is 4. The highest BCUT2D eigenvalue weighted by Crippen LogP contribution is 2.58. The molecule has 35 heavy (non-hydrogen) atoms. The van der Waals surface area contributed by atoms with Gasteiger partial charge >= 0.3 is 11.8 Å². The van der Waals surface area contributed by atoms with Gasteiger partial charge in [-0.2, -0.15) is 17.6 Å². The molecule has 1 aliphatic rings. The van der Waals surface area contributed by atoms with Crippen LogP contribution >= 0.6 is 0 Å². The number of hydrogen-bond donors (Lipinski definition) is 0. The fourth-order valence-corrected chi connectivity index (χ4v) is 3.91. The number of ether oxygens (including phenoxy) is 3. The molecule has 2 aromatic carbocycles. The van der Waals surface area contributed by atoms with E-state index in [2.05, 4.69) is 0 Å². The summed E-state index contributed by atoms with van der Waals surface area (Å²) >= 11 is 0. The summed E-state index contributed by atoms with van der Waals surface area (Å²) in [4.78, 5) is 0. The molecule has 0 N–H and O–H groups in total. The van der Waals surface area contributed by atoms with Gasteiger partial charge in [-0.25, -0.2) is 8.78 Å². The third kappa shape index (κ3) is 4.73. The van der Waals surface area contributed by atoms with Crippen molar-refractivity contribution >= 4 is 5.57 Å². The van der Waals surface area contributed by atoms with Crippen LogP contribution in [0, 0.1) is 5.82 Å². The predicted octanol–water partition coefficient (Wildman–Crippen LogP) is 7.95. The molecule has 3 rings (SSSR count). The van der Waals surface area contributed by atoms with E-state index in [-0.39, 0.29) is 19.6 Å². The highest BCUT2D eigenvalue weighted by atomic mass is 19.3. The Morgan fingerprint density at radius 1 is 0.857 bits per heavy atom. The van der Waals surface area contributed by atoms with E-state index >= 15 is 22.0 Å². The molecule has 0 saturated heterocycles. The van der Waals surface area contributed by atoms with Crippen LogP contribution in [0.15, 0.2) is 53.6 Å². The summed E-state index contributed by atoms with van der Waals surface area (Å²) in [5.41, 5.74) is -3.48. The topological polar surface area (TPSA) is 27.7 Å². The third-order valence-corrected chi connectivity index (χ3v) is 5.64. The molecule has 0 atom stereocenters. The van der Waals surface area contributed by atoms with Crippen molar-refractivity contribution < 1.29 is 40.6 Å². The number of allylic oxidation sites excluding steroid dienone is 4. The van der Waals surface area contributed by atoms with Crippen molar-refractivity contribution in [2.45, 2.75) is 52.6 Å². The maximum absolute atomic E-state index is 15.4. The average molecular weight is 500 g/mol. The van der Waals surface area contributed by atoms with Gasteiger partial charge in [0.2, 0.25) is 0 Å². The van der Waals surface area contributed by atoms with Gasteiger partial charge in [0.05, 0.1) is 24.4 Å². The maximum atomic E-state index is 15.4. The molecule has 0 unspecified atom stereocenters. The Hall–Kier alpha value is -3.10. The van der Waals surface area contributed by atoms with Gasteiger partial charge < -0.3 is 14.2 Å². The minimum absolute atomic E-state index is 0.0549. The Morgan fingerprint density at radius 3 is 2.06 bits per heavy atom. The van der Waals surface area contributed by atoms with E-state index in [0.29, 0.717) is 17.9 Å². The molecule has 9 heteroatoms. The highest BCUT2D eigenvalue weighted by molar-refractivity contribution is 5.78. The molecule has 1 aliphatic carbocycles. The summed E-state index contributed by atoms with van der Waals surface area (Å²) in [5.74, 6) is -13.8. The van der Waals surface area contributed by atoms with E-state index in [1.807, 2.05) is 6.92 Å². The molecular weight excluding hydrogens is 474 g/mol. The molecule has 0 saturated carbocycles. The summed E-state index contributed by atoms with van der Waals surface area (Å²) < 4.78 is 106. The van der Waals surface area contributed by atoms with Crippen LogP contribution in [0.1, 0.15) is 50.8 Å². The van der Waals surface area contributed by atoms with E-state index < -0.39 is 57.3 Å². The molecule has 0 aromatic heterocycles. The molecule has 0 heterocycles. The van der Waals surface area contributed by atoms with E-state index in [9.17, 15) is 4.39 Å². The fourth-order valence-electron chi connectivity index (χ4n) is 3.91. The quantitative estimate of drug-likeness (QED) is 0.258. The Bertz CT molecular complexity index is 1140. The van der Waals surface area contributed by atoms with Crippen LogP contribution in [-0.2, 0) is 17.3 Å². The van der Waals surface area contributed by atoms with Crippen LogP contribution in [0.25, 0.3) is 5.57 Å². The lowest BCUT2D eigenvalue weighted by Crippen LogP contribution is -2.44. The fraction of sp³-hybridized carbons (Fsp3) is 0.385. The largest absolute Gasteiger partial charge is 0.494 e. The minimum atomic E-state index is -5.04. The van der Waals surface area contributed by atoms with Crippen LogP contribution in [0.3, 0.4) is 0 Å². The van der Waals surface area contributed by atoms with Crippen LogP contribution < -0.4 is 9.47 Å². The van der Waals surface area contributed by atoms with Crippen molar-refractivity contribution in [2.75, 3.05) is 13.2 Å². The van der Waals surface area contributed by atoms with E-state index in [1.165, 1.54) is 13.8 Å². The molecule has 0 amide bonds. The first-order chi connectivity index (χ1) is 16.5. The Labute approximate surface area is 200 Å². The van der Waals surface area contributed by atoms with Gasteiger partial charge in [-0.15, -0.1) is 0 Å². The van der Waals surface area contributed by atoms with E-state index in [4.69, 9.17) is 14.2 Å². The normalized spacial score (nSPS) is 17.0. The lowest BCUT2D eigenvalue weighted by molar-refractivity contribution is -0.196. The zero-order valence-electron chi connectivity index (χ0n) is 19.8. The standard InChI is InChI=1S/C26H26F6O3/c1-5-19(35-14-16-8-10-17(11-9-16)33-6-2)23(27)21-15(4)18-12-13-20(34-7-3)24(28)22(18)26(31,32)25(21,29)30/h8-13H,5-7,14H2,1-4H3/b23-19-. The van der Waals surface area contributed by atoms with Crippen molar-refractivity contribution in [1.82, 2.24) is 0 Å². The van der Waals surface area contributed by atoms with Gasteiger partial charge in [0.1, 0.15) is 18.1 Å². The smallest absolute Gasteiger partial charge is 0.343 e. The van der Waals surface area contributed by atoms with Gasteiger partial charge in [-0.1, -0.05) is 25.1 Å². The number of fused-ring (bicyclic) bond motifs is 1. The van der Waals surface area contributed by atoms with Crippen LogP contribution in [0.2, 0.25) is 0 Å². The minimum Gasteiger partial charge on any atom is -0.494 e. The first-order valence-corrected chi connectivity index (χ1v) is 11.2. The molecular formula is C26H26F6O3. The van der Waals surface area contributed by atoms with Gasteiger partial charge in [0.15, 0.2) is 17.4 Å². The molecule has 0 aliphatic heterocycles. The second kappa shape index (κ2) is 10.3. The molecule has 3 nitrogen and oxygen atoms in total. The Kier molecular flexibility index (Phi) is 7.77. The number of halogens is 6. The lowest BCUT2D eigenvalue weighted by atomic mass is 9.79. The molecule has 190 valence electrons. The molecule has 0 bridgehead atoms. The zero-order chi connectivity index (χ0) is 26.0. The molecule has 0 fully saturated rings. The maximum Gasteiger partial charge on any atom is 0.343 e. The van der Waals surface area contributed by atoms with E-state index in [0.717, 1.165) is 19.1 Å². The van der Waals surface area contributed by atoms with Crippen LogP contribution in [0.4, 0.5) is 26.3 Å². The van der Waals surface area contributed by atoms with Crippen LogP contribution in [0.5, 0.6) is 11.5 Å². The molecule has 2 aromatic rings. The Balaban J connectivity index is 2.05. The monoisotopic (exact) mass is 500 g/mol. The SMILES string of the molecule is CCOc1ccc(CO/C(CC)=C(\F)C2=C(C)c3ccc(OCC)c(F)c3C(F)(F)C2(F)F)cc1. The predicted molar refractivity (Wildman–Crippen MR) is 120 cm³/mol. The summed E-state index contributed by atoms with van der Waals surface area (Å²) in [7, 11) is 0. The summed E-state index contributed by atoms with van der Waals surface area (Å²) in [6, 6.07) is 8.72. The van der Waals surface area contributed by atoms with Gasteiger partial charge in [0, 0.05) is 6.42 Å². The summed E-state index contributed by atoms with van der Waals surface area (Å²) in [5, 5.41) is 0. The first-order valence-electron chi connectivity index (χ1n) is 11.2. The second-order valence-corrected chi connectivity index (χ2v) is 7.84. The Morgan fingerprint density at radius 2 is 1.49 bits per heavy atom. The lowest BCUT2D eigenvalue weighted by Gasteiger charge is -2.36. The van der Waals surface area contributed by atoms with Crippen molar-refractivity contribution in [1.29, 1.82) is 0 Å². The summed E-state index contributed by atoms with van der Waals surface area (Å²) in [6.45, 7) is 6.05. The van der Waals surface area contributed by atoms with Gasteiger partial charge in [0.25, 0.3) is 0 Å². The highest BCUT2D eigenvalue weighted by Gasteiger charge is 2.66. The van der Waals surface area contributed by atoms with E-state index in [1.54, 1.807) is 24.3 Å². The van der Waals surface area contributed by atoms with Crippen LogP contribution in [-0.4, -0.2) is 19.1 Å². The third-order valence-electron chi connectivity index (χ3n) is 5.64. The molecule has 0 radical (unpaired) electrons. The summed E-state index contributed by atoms with van der Waals surface area (Å²) in [6.07, 6.45) is -0.175. The first kappa shape index (κ1) is 26.5.